The number of rotatable bonds is 7. The van der Waals surface area contributed by atoms with Crippen LogP contribution in [0.15, 0.2) is 30.3 Å². The minimum absolute atomic E-state index is 0.0518. The van der Waals surface area contributed by atoms with Gasteiger partial charge in [-0.2, -0.15) is 0 Å². The number of benzene rings is 1. The molecule has 1 aromatic rings. The van der Waals surface area contributed by atoms with Crippen LogP contribution in [0.1, 0.15) is 31.2 Å². The highest BCUT2D eigenvalue weighted by molar-refractivity contribution is 5.86. The fourth-order valence-electron chi connectivity index (χ4n) is 2.05. The van der Waals surface area contributed by atoms with Gasteiger partial charge in [0.15, 0.2) is 0 Å². The molecule has 1 aliphatic rings. The van der Waals surface area contributed by atoms with Gasteiger partial charge < -0.3 is 10.4 Å². The normalized spacial score (nSPS) is 15.8. The second-order valence-corrected chi connectivity index (χ2v) is 5.05. The van der Waals surface area contributed by atoms with Gasteiger partial charge in [0.25, 0.3) is 0 Å². The molecular formula is C15H19NO3. The van der Waals surface area contributed by atoms with Crippen molar-refractivity contribution in [2.45, 2.75) is 38.1 Å². The third-order valence-electron chi connectivity index (χ3n) is 3.36. The van der Waals surface area contributed by atoms with E-state index in [1.54, 1.807) is 0 Å². The van der Waals surface area contributed by atoms with Crippen molar-refractivity contribution in [3.05, 3.63) is 35.9 Å². The second kappa shape index (κ2) is 6.36. The van der Waals surface area contributed by atoms with Gasteiger partial charge in [-0.1, -0.05) is 30.3 Å². The molecule has 1 atom stereocenters. The van der Waals surface area contributed by atoms with E-state index in [1.165, 1.54) is 5.56 Å². The predicted molar refractivity (Wildman–Crippen MR) is 71.7 cm³/mol. The number of amides is 1. The molecule has 0 spiro atoms. The van der Waals surface area contributed by atoms with E-state index in [0.717, 1.165) is 25.7 Å². The average Bonchev–Trinajstić information content (AvgIpc) is 3.22. The van der Waals surface area contributed by atoms with Crippen LogP contribution in [-0.2, 0) is 16.0 Å². The molecule has 1 aromatic carbocycles. The minimum Gasteiger partial charge on any atom is -0.480 e. The highest BCUT2D eigenvalue weighted by atomic mass is 16.4. The molecule has 19 heavy (non-hydrogen) atoms. The third kappa shape index (κ3) is 4.39. The molecule has 4 heteroatoms. The quantitative estimate of drug-likeness (QED) is 0.788. The lowest BCUT2D eigenvalue weighted by atomic mass is 10.0. The Balaban J connectivity index is 1.77. The monoisotopic (exact) mass is 261 g/mol. The van der Waals surface area contributed by atoms with E-state index in [1.807, 2.05) is 30.3 Å². The number of aryl methyl sites for hydroxylation is 1. The molecule has 0 aliphatic heterocycles. The highest BCUT2D eigenvalue weighted by Crippen LogP contribution is 2.29. The topological polar surface area (TPSA) is 66.4 Å². The van der Waals surface area contributed by atoms with Crippen molar-refractivity contribution in [3.8, 4) is 0 Å². The van der Waals surface area contributed by atoms with Crippen molar-refractivity contribution in [1.29, 1.82) is 0 Å². The first kappa shape index (κ1) is 13.6. The zero-order valence-electron chi connectivity index (χ0n) is 10.8. The molecule has 0 unspecified atom stereocenters. The van der Waals surface area contributed by atoms with E-state index < -0.39 is 12.0 Å². The molecule has 0 saturated heterocycles. The summed E-state index contributed by atoms with van der Waals surface area (Å²) >= 11 is 0. The van der Waals surface area contributed by atoms with Gasteiger partial charge in [0.2, 0.25) is 5.91 Å². The number of carbonyl (C=O) groups is 2. The molecule has 0 bridgehead atoms. The van der Waals surface area contributed by atoms with E-state index in [0.29, 0.717) is 6.42 Å². The van der Waals surface area contributed by atoms with Gasteiger partial charge in [0, 0.05) is 5.92 Å². The lowest BCUT2D eigenvalue weighted by molar-refractivity contribution is -0.142. The molecule has 102 valence electrons. The summed E-state index contributed by atoms with van der Waals surface area (Å²) in [4.78, 5) is 22.7. The van der Waals surface area contributed by atoms with Gasteiger partial charge in [0.05, 0.1) is 0 Å². The zero-order chi connectivity index (χ0) is 13.7. The van der Waals surface area contributed by atoms with Crippen molar-refractivity contribution >= 4 is 11.9 Å². The van der Waals surface area contributed by atoms with Crippen molar-refractivity contribution < 1.29 is 14.7 Å². The molecule has 0 radical (unpaired) electrons. The summed E-state index contributed by atoms with van der Waals surface area (Å²) in [5.41, 5.74) is 1.19. The van der Waals surface area contributed by atoms with Crippen LogP contribution in [0.4, 0.5) is 0 Å². The van der Waals surface area contributed by atoms with Crippen molar-refractivity contribution in [3.63, 3.8) is 0 Å². The summed E-state index contributed by atoms with van der Waals surface area (Å²) in [6, 6.07) is 9.20. The Labute approximate surface area is 112 Å². The minimum atomic E-state index is -0.943. The molecule has 0 heterocycles. The maximum Gasteiger partial charge on any atom is 0.326 e. The van der Waals surface area contributed by atoms with Gasteiger partial charge in [-0.05, 0) is 37.7 Å². The molecule has 1 saturated carbocycles. The van der Waals surface area contributed by atoms with Gasteiger partial charge in [0.1, 0.15) is 6.04 Å². The summed E-state index contributed by atoms with van der Waals surface area (Å²) < 4.78 is 0. The van der Waals surface area contributed by atoms with Crippen LogP contribution in [0.25, 0.3) is 0 Å². The first-order chi connectivity index (χ1) is 9.16. The van der Waals surface area contributed by atoms with Crippen LogP contribution in [0.3, 0.4) is 0 Å². The van der Waals surface area contributed by atoms with Crippen LogP contribution < -0.4 is 5.32 Å². The lowest BCUT2D eigenvalue weighted by Crippen LogP contribution is -2.41. The zero-order valence-corrected chi connectivity index (χ0v) is 10.8. The summed E-state index contributed by atoms with van der Waals surface area (Å²) in [5, 5.41) is 11.7. The number of hydrogen-bond donors (Lipinski definition) is 2. The van der Waals surface area contributed by atoms with Crippen LogP contribution >= 0.6 is 0 Å². The summed E-state index contributed by atoms with van der Waals surface area (Å²) in [6.07, 6.45) is 3.85. The van der Waals surface area contributed by atoms with Crippen LogP contribution in [0, 0.1) is 5.92 Å². The Morgan fingerprint density at radius 3 is 2.53 bits per heavy atom. The molecule has 1 aliphatic carbocycles. The van der Waals surface area contributed by atoms with Gasteiger partial charge in [-0.3, -0.25) is 4.79 Å². The van der Waals surface area contributed by atoms with Crippen molar-refractivity contribution in [2.24, 2.45) is 5.92 Å². The SMILES string of the molecule is O=C(N[C@H](CCCc1ccccc1)C(=O)O)C1CC1. The molecule has 2 N–H and O–H groups in total. The molecule has 1 fully saturated rings. The molecular weight excluding hydrogens is 242 g/mol. The largest absolute Gasteiger partial charge is 0.480 e. The fraction of sp³-hybridized carbons (Fsp3) is 0.467. The molecule has 0 aromatic heterocycles. The highest BCUT2D eigenvalue weighted by Gasteiger charge is 2.32. The lowest BCUT2D eigenvalue weighted by Gasteiger charge is -2.14. The Morgan fingerprint density at radius 2 is 1.95 bits per heavy atom. The third-order valence-corrected chi connectivity index (χ3v) is 3.36. The summed E-state index contributed by atoms with van der Waals surface area (Å²) in [6.45, 7) is 0. The van der Waals surface area contributed by atoms with E-state index in [4.69, 9.17) is 5.11 Å². The number of hydrogen-bond acceptors (Lipinski definition) is 2. The Hall–Kier alpha value is -1.84. The first-order valence-electron chi connectivity index (χ1n) is 6.74. The van der Waals surface area contributed by atoms with Crippen LogP contribution in [-0.4, -0.2) is 23.0 Å². The summed E-state index contributed by atoms with van der Waals surface area (Å²) in [7, 11) is 0. The van der Waals surface area contributed by atoms with Gasteiger partial charge in [-0.15, -0.1) is 0 Å². The standard InChI is InChI=1S/C15H19NO3/c17-14(12-9-10-12)16-13(15(18)19)8-4-7-11-5-2-1-3-6-11/h1-3,5-6,12-13H,4,7-10H2,(H,16,17)(H,18,19)/t13-/m1/s1. The number of carboxylic acids is 1. The van der Waals surface area contributed by atoms with Crippen LogP contribution in [0.2, 0.25) is 0 Å². The maximum absolute atomic E-state index is 11.6. The number of nitrogens with one attached hydrogen (secondary N) is 1. The molecule has 4 nitrogen and oxygen atoms in total. The van der Waals surface area contributed by atoms with E-state index in [-0.39, 0.29) is 11.8 Å². The van der Waals surface area contributed by atoms with E-state index >= 15 is 0 Å². The van der Waals surface area contributed by atoms with E-state index in [2.05, 4.69) is 5.32 Å². The molecule has 1 amide bonds. The summed E-state index contributed by atoms with van der Waals surface area (Å²) in [5.74, 6) is -0.995. The Bertz CT molecular complexity index is 440. The maximum atomic E-state index is 11.6. The first-order valence-corrected chi connectivity index (χ1v) is 6.74. The van der Waals surface area contributed by atoms with Gasteiger partial charge >= 0.3 is 5.97 Å². The predicted octanol–water partition coefficient (Wildman–Crippen LogP) is 1.99. The van der Waals surface area contributed by atoms with E-state index in [9.17, 15) is 9.59 Å². The fourth-order valence-corrected chi connectivity index (χ4v) is 2.05. The van der Waals surface area contributed by atoms with Gasteiger partial charge in [-0.25, -0.2) is 4.79 Å². The van der Waals surface area contributed by atoms with Crippen molar-refractivity contribution in [1.82, 2.24) is 5.32 Å². The Morgan fingerprint density at radius 1 is 1.26 bits per heavy atom. The smallest absolute Gasteiger partial charge is 0.326 e. The Kier molecular flexibility index (Phi) is 4.55. The van der Waals surface area contributed by atoms with Crippen molar-refractivity contribution in [2.75, 3.05) is 0 Å². The van der Waals surface area contributed by atoms with Crippen LogP contribution in [0.5, 0.6) is 0 Å². The number of carboxylic acid groups (broad SMARTS) is 1. The average molecular weight is 261 g/mol. The number of carbonyl (C=O) groups excluding carboxylic acids is 1. The number of aliphatic carboxylic acids is 1. The second-order valence-electron chi connectivity index (χ2n) is 5.05. The molecule has 2 rings (SSSR count).